The zero-order chi connectivity index (χ0) is 25.8. The molecular weight excluding hydrogens is 460 g/mol. The number of hydrazone groups is 1. The number of hydrogen-bond donors (Lipinski definition) is 3. The normalized spacial score (nSPS) is 10.5. The summed E-state index contributed by atoms with van der Waals surface area (Å²) in [5, 5.41) is 9.13. The Morgan fingerprint density at radius 3 is 2.39 bits per heavy atom. The minimum atomic E-state index is -0.870. The van der Waals surface area contributed by atoms with E-state index in [0.717, 1.165) is 11.1 Å². The Kier molecular flexibility index (Phi) is 9.58. The third kappa shape index (κ3) is 8.28. The van der Waals surface area contributed by atoms with Crippen molar-refractivity contribution in [3.63, 3.8) is 0 Å². The smallest absolute Gasteiger partial charge is 0.329 e. The van der Waals surface area contributed by atoms with Gasteiger partial charge in [0.05, 0.1) is 13.3 Å². The lowest BCUT2D eigenvalue weighted by Gasteiger charge is -2.11. The molecule has 186 valence electrons. The molecule has 9 heteroatoms. The molecule has 3 rings (SSSR count). The van der Waals surface area contributed by atoms with Crippen LogP contribution in [-0.4, -0.2) is 44.2 Å². The Morgan fingerprint density at radius 2 is 1.67 bits per heavy atom. The number of hydrogen-bond acceptors (Lipinski definition) is 6. The number of benzene rings is 3. The number of amides is 3. The lowest BCUT2D eigenvalue weighted by molar-refractivity contribution is -0.139. The molecule has 0 atom stereocenters. The van der Waals surface area contributed by atoms with Crippen molar-refractivity contribution < 1.29 is 23.9 Å². The maximum absolute atomic E-state index is 12.2. The van der Waals surface area contributed by atoms with Crippen molar-refractivity contribution in [2.75, 3.05) is 25.6 Å². The predicted octanol–water partition coefficient (Wildman–Crippen LogP) is 2.83. The van der Waals surface area contributed by atoms with Gasteiger partial charge in [0.15, 0.2) is 18.1 Å². The summed E-state index contributed by atoms with van der Waals surface area (Å²) < 4.78 is 10.9. The van der Waals surface area contributed by atoms with E-state index < -0.39 is 11.8 Å². The van der Waals surface area contributed by atoms with E-state index in [0.29, 0.717) is 35.7 Å². The molecular formula is C27H28N4O5. The van der Waals surface area contributed by atoms with Crippen LogP contribution in [0.25, 0.3) is 0 Å². The molecule has 0 spiro atoms. The van der Waals surface area contributed by atoms with Gasteiger partial charge < -0.3 is 20.1 Å². The number of rotatable bonds is 10. The van der Waals surface area contributed by atoms with Crippen molar-refractivity contribution in [1.29, 1.82) is 0 Å². The Balaban J connectivity index is 1.45. The topological polar surface area (TPSA) is 118 Å². The standard InChI is InChI=1S/C27H28N4O5/c1-19-8-11-22(12-9-19)30-25(32)18-36-23-13-10-21(16-24(23)35-2)17-29-31-27(34)26(33)28-15-14-20-6-4-3-5-7-20/h3-13,16-17H,14-15,18H2,1-2H3,(H,28,33)(H,30,32)(H,31,34)/b29-17-. The SMILES string of the molecule is COc1cc(/C=N\NC(=O)C(=O)NCCc2ccccc2)ccc1OCC(=O)Nc1ccc(C)cc1. The van der Waals surface area contributed by atoms with Gasteiger partial charge in [0, 0.05) is 12.2 Å². The van der Waals surface area contributed by atoms with Crippen molar-refractivity contribution >= 4 is 29.6 Å². The third-order valence-electron chi connectivity index (χ3n) is 5.01. The van der Waals surface area contributed by atoms with Gasteiger partial charge in [0.2, 0.25) is 0 Å². The molecule has 0 aliphatic rings. The van der Waals surface area contributed by atoms with Gasteiger partial charge in [-0.3, -0.25) is 14.4 Å². The highest BCUT2D eigenvalue weighted by Crippen LogP contribution is 2.27. The Morgan fingerprint density at radius 1 is 0.917 bits per heavy atom. The van der Waals surface area contributed by atoms with Gasteiger partial charge in [0.25, 0.3) is 5.91 Å². The minimum Gasteiger partial charge on any atom is -0.493 e. The monoisotopic (exact) mass is 488 g/mol. The molecule has 3 aromatic carbocycles. The fourth-order valence-electron chi connectivity index (χ4n) is 3.12. The molecule has 0 unspecified atom stereocenters. The molecule has 0 heterocycles. The molecule has 0 saturated carbocycles. The minimum absolute atomic E-state index is 0.201. The van der Waals surface area contributed by atoms with Gasteiger partial charge >= 0.3 is 11.8 Å². The van der Waals surface area contributed by atoms with Gasteiger partial charge in [-0.1, -0.05) is 48.0 Å². The fourth-order valence-corrected chi connectivity index (χ4v) is 3.12. The number of nitrogens with one attached hydrogen (secondary N) is 3. The first-order chi connectivity index (χ1) is 17.4. The molecule has 0 aliphatic carbocycles. The van der Waals surface area contributed by atoms with Gasteiger partial charge in [-0.25, -0.2) is 5.43 Å². The van der Waals surface area contributed by atoms with E-state index in [1.165, 1.54) is 13.3 Å². The van der Waals surface area contributed by atoms with E-state index in [1.54, 1.807) is 18.2 Å². The number of ether oxygens (including phenoxy) is 2. The number of methoxy groups -OCH3 is 1. The average Bonchev–Trinajstić information content (AvgIpc) is 2.89. The molecule has 0 bridgehead atoms. The van der Waals surface area contributed by atoms with Gasteiger partial charge in [-0.05, 0) is 54.8 Å². The van der Waals surface area contributed by atoms with Gasteiger partial charge in [0.1, 0.15) is 0 Å². The second-order valence-electron chi connectivity index (χ2n) is 7.80. The van der Waals surface area contributed by atoms with Crippen molar-refractivity contribution in [2.45, 2.75) is 13.3 Å². The number of carbonyl (C=O) groups excluding carboxylic acids is 3. The predicted molar refractivity (Wildman–Crippen MR) is 137 cm³/mol. The lowest BCUT2D eigenvalue weighted by atomic mass is 10.1. The number of anilines is 1. The molecule has 0 aromatic heterocycles. The van der Waals surface area contributed by atoms with E-state index in [9.17, 15) is 14.4 Å². The van der Waals surface area contributed by atoms with E-state index in [-0.39, 0.29) is 12.5 Å². The van der Waals surface area contributed by atoms with E-state index in [1.807, 2.05) is 61.5 Å². The number of aryl methyl sites for hydroxylation is 1. The summed E-state index contributed by atoms with van der Waals surface area (Å²) in [6, 6.07) is 22.0. The molecule has 9 nitrogen and oxygen atoms in total. The first kappa shape index (κ1) is 26.0. The van der Waals surface area contributed by atoms with Crippen molar-refractivity contribution in [3.8, 4) is 11.5 Å². The first-order valence-electron chi connectivity index (χ1n) is 11.3. The maximum atomic E-state index is 12.2. The summed E-state index contributed by atoms with van der Waals surface area (Å²) in [6.07, 6.45) is 1.98. The average molecular weight is 489 g/mol. The summed E-state index contributed by atoms with van der Waals surface area (Å²) in [5.74, 6) is -1.20. The zero-order valence-electron chi connectivity index (χ0n) is 20.1. The number of nitrogens with zero attached hydrogens (tertiary/aromatic N) is 1. The quantitative estimate of drug-likeness (QED) is 0.230. The first-order valence-corrected chi connectivity index (χ1v) is 11.3. The fraction of sp³-hybridized carbons (Fsp3) is 0.185. The van der Waals surface area contributed by atoms with Crippen LogP contribution in [-0.2, 0) is 20.8 Å². The van der Waals surface area contributed by atoms with Crippen LogP contribution in [0.1, 0.15) is 16.7 Å². The maximum Gasteiger partial charge on any atom is 0.329 e. The van der Waals surface area contributed by atoms with Crippen LogP contribution in [0.2, 0.25) is 0 Å². The summed E-state index contributed by atoms with van der Waals surface area (Å²) in [7, 11) is 1.47. The van der Waals surface area contributed by atoms with Crippen molar-refractivity contribution in [3.05, 3.63) is 89.5 Å². The van der Waals surface area contributed by atoms with E-state index >= 15 is 0 Å². The van der Waals surface area contributed by atoms with Crippen molar-refractivity contribution in [1.82, 2.24) is 10.7 Å². The van der Waals surface area contributed by atoms with Crippen LogP contribution in [0, 0.1) is 6.92 Å². The summed E-state index contributed by atoms with van der Waals surface area (Å²) in [6.45, 7) is 2.10. The molecule has 0 saturated heterocycles. The summed E-state index contributed by atoms with van der Waals surface area (Å²) in [5.41, 5.74) is 5.62. The zero-order valence-corrected chi connectivity index (χ0v) is 20.1. The highest BCUT2D eigenvalue weighted by atomic mass is 16.5. The summed E-state index contributed by atoms with van der Waals surface area (Å²) in [4.78, 5) is 36.0. The van der Waals surface area contributed by atoms with Crippen LogP contribution in [0.4, 0.5) is 5.69 Å². The van der Waals surface area contributed by atoms with E-state index in [4.69, 9.17) is 9.47 Å². The molecule has 3 N–H and O–H groups in total. The van der Waals surface area contributed by atoms with Crippen LogP contribution in [0.5, 0.6) is 11.5 Å². The van der Waals surface area contributed by atoms with Crippen LogP contribution < -0.4 is 25.5 Å². The lowest BCUT2D eigenvalue weighted by Crippen LogP contribution is -2.38. The highest BCUT2D eigenvalue weighted by Gasteiger charge is 2.12. The molecule has 3 aromatic rings. The molecule has 36 heavy (non-hydrogen) atoms. The third-order valence-corrected chi connectivity index (χ3v) is 5.01. The number of carbonyl (C=O) groups is 3. The van der Waals surface area contributed by atoms with Crippen molar-refractivity contribution in [2.24, 2.45) is 5.10 Å². The Hall–Kier alpha value is -4.66. The molecule has 0 fully saturated rings. The van der Waals surface area contributed by atoms with Crippen LogP contribution in [0.15, 0.2) is 77.9 Å². The molecule has 3 amide bonds. The van der Waals surface area contributed by atoms with Crippen LogP contribution >= 0.6 is 0 Å². The highest BCUT2D eigenvalue weighted by molar-refractivity contribution is 6.35. The second-order valence-corrected chi connectivity index (χ2v) is 7.80. The Labute approximate surface area is 209 Å². The summed E-state index contributed by atoms with van der Waals surface area (Å²) >= 11 is 0. The molecule has 0 aliphatic heterocycles. The Bertz CT molecular complexity index is 1210. The largest absolute Gasteiger partial charge is 0.493 e. The van der Waals surface area contributed by atoms with Crippen LogP contribution in [0.3, 0.4) is 0 Å². The van der Waals surface area contributed by atoms with Gasteiger partial charge in [-0.15, -0.1) is 0 Å². The second kappa shape index (κ2) is 13.3. The van der Waals surface area contributed by atoms with E-state index in [2.05, 4.69) is 21.2 Å². The molecule has 0 radical (unpaired) electrons. The van der Waals surface area contributed by atoms with Gasteiger partial charge in [-0.2, -0.15) is 5.10 Å².